The van der Waals surface area contributed by atoms with E-state index in [2.05, 4.69) is 0 Å². The molecular weight excluding hydrogens is 222 g/mol. The van der Waals surface area contributed by atoms with Crippen molar-refractivity contribution in [3.05, 3.63) is 0 Å². The van der Waals surface area contributed by atoms with Crippen LogP contribution in [0.1, 0.15) is 26.7 Å². The van der Waals surface area contributed by atoms with Crippen LogP contribution in [0.2, 0.25) is 0 Å². The van der Waals surface area contributed by atoms with Gasteiger partial charge in [0.15, 0.2) is 0 Å². The molecule has 0 fully saturated rings. The Kier molecular flexibility index (Phi) is 11.4. The van der Waals surface area contributed by atoms with E-state index in [1.165, 1.54) is 0 Å². The van der Waals surface area contributed by atoms with Gasteiger partial charge in [0.1, 0.15) is 0 Å². The van der Waals surface area contributed by atoms with E-state index < -0.39 is 0 Å². The van der Waals surface area contributed by atoms with Gasteiger partial charge in [-0.25, -0.2) is 0 Å². The summed E-state index contributed by atoms with van der Waals surface area (Å²) in [4.78, 5) is 13.5. The second-order valence-corrected chi connectivity index (χ2v) is 3.60. The fourth-order valence-corrected chi connectivity index (χ4v) is 1.39. The zero-order chi connectivity index (χ0) is 12.9. The third-order valence-corrected chi connectivity index (χ3v) is 2.32. The Hall–Kier alpha value is -0.650. The molecule has 0 heterocycles. The Bertz CT molecular complexity index is 177. The van der Waals surface area contributed by atoms with E-state index in [-0.39, 0.29) is 12.5 Å². The number of aliphatic hydroxyl groups is 1. The number of hydrogen-bond donors (Lipinski definition) is 1. The van der Waals surface area contributed by atoms with Crippen molar-refractivity contribution in [3.8, 4) is 0 Å². The normalized spacial score (nSPS) is 10.5. The van der Waals surface area contributed by atoms with Crippen molar-refractivity contribution in [2.75, 3.05) is 46.1 Å². The van der Waals surface area contributed by atoms with E-state index in [1.54, 1.807) is 4.90 Å². The molecule has 0 unspecified atom stereocenters. The Morgan fingerprint density at radius 1 is 1.12 bits per heavy atom. The highest BCUT2D eigenvalue weighted by atomic mass is 16.5. The van der Waals surface area contributed by atoms with Gasteiger partial charge in [-0.2, -0.15) is 0 Å². The zero-order valence-corrected chi connectivity index (χ0v) is 11.0. The molecule has 0 radical (unpaired) electrons. The fourth-order valence-electron chi connectivity index (χ4n) is 1.39. The van der Waals surface area contributed by atoms with Crippen LogP contribution >= 0.6 is 0 Å². The molecule has 5 heteroatoms. The summed E-state index contributed by atoms with van der Waals surface area (Å²) in [5.41, 5.74) is 0. The minimum atomic E-state index is 0.0521. The molecule has 0 aliphatic rings. The molecule has 5 nitrogen and oxygen atoms in total. The van der Waals surface area contributed by atoms with E-state index in [1.807, 2.05) is 13.8 Å². The molecule has 102 valence electrons. The Labute approximate surface area is 104 Å². The summed E-state index contributed by atoms with van der Waals surface area (Å²) in [5.74, 6) is 0.0541. The van der Waals surface area contributed by atoms with Crippen LogP contribution in [0.4, 0.5) is 0 Å². The Morgan fingerprint density at radius 2 is 1.65 bits per heavy atom. The third kappa shape index (κ3) is 9.09. The van der Waals surface area contributed by atoms with Crippen molar-refractivity contribution in [1.82, 2.24) is 4.90 Å². The van der Waals surface area contributed by atoms with E-state index in [0.29, 0.717) is 52.4 Å². The summed E-state index contributed by atoms with van der Waals surface area (Å²) in [6, 6.07) is 0. The summed E-state index contributed by atoms with van der Waals surface area (Å²) in [5, 5.41) is 8.71. The highest BCUT2D eigenvalue weighted by molar-refractivity contribution is 5.76. The number of aliphatic hydroxyl groups excluding tert-OH is 1. The molecule has 1 amide bonds. The third-order valence-electron chi connectivity index (χ3n) is 2.32. The van der Waals surface area contributed by atoms with E-state index in [4.69, 9.17) is 14.6 Å². The standard InChI is InChI=1S/C12H25NO4/c1-3-16-10-7-13(8-11-17-4-2)12(15)6-5-9-14/h14H,3-11H2,1-2H3. The number of nitrogens with zero attached hydrogens (tertiary/aromatic N) is 1. The van der Waals surface area contributed by atoms with Crippen LogP contribution in [-0.2, 0) is 14.3 Å². The maximum atomic E-state index is 11.8. The molecular formula is C12H25NO4. The summed E-state index contributed by atoms with van der Waals surface area (Å²) >= 11 is 0. The van der Waals surface area contributed by atoms with Gasteiger partial charge >= 0.3 is 0 Å². The van der Waals surface area contributed by atoms with Gasteiger partial charge < -0.3 is 19.5 Å². The van der Waals surface area contributed by atoms with Gasteiger partial charge in [-0.1, -0.05) is 0 Å². The minimum Gasteiger partial charge on any atom is -0.396 e. The van der Waals surface area contributed by atoms with Crippen LogP contribution in [0.5, 0.6) is 0 Å². The van der Waals surface area contributed by atoms with E-state index in [9.17, 15) is 4.79 Å². The van der Waals surface area contributed by atoms with Gasteiger partial charge in [-0.05, 0) is 20.3 Å². The lowest BCUT2D eigenvalue weighted by Crippen LogP contribution is -2.36. The average molecular weight is 247 g/mol. The first-order chi connectivity index (χ1) is 8.26. The van der Waals surface area contributed by atoms with Gasteiger partial charge in [0.25, 0.3) is 0 Å². The number of rotatable bonds is 11. The van der Waals surface area contributed by atoms with Crippen LogP contribution in [-0.4, -0.2) is 62.0 Å². The largest absolute Gasteiger partial charge is 0.396 e. The second-order valence-electron chi connectivity index (χ2n) is 3.60. The summed E-state index contributed by atoms with van der Waals surface area (Å²) in [6.45, 7) is 7.50. The molecule has 1 N–H and O–H groups in total. The number of carbonyl (C=O) groups excluding carboxylic acids is 1. The number of hydrogen-bond acceptors (Lipinski definition) is 4. The minimum absolute atomic E-state index is 0.0521. The van der Waals surface area contributed by atoms with Crippen molar-refractivity contribution in [1.29, 1.82) is 0 Å². The molecule has 0 aliphatic heterocycles. The van der Waals surface area contributed by atoms with Gasteiger partial charge in [-0.15, -0.1) is 0 Å². The van der Waals surface area contributed by atoms with Crippen LogP contribution in [0, 0.1) is 0 Å². The van der Waals surface area contributed by atoms with Gasteiger partial charge in [0.05, 0.1) is 13.2 Å². The predicted molar refractivity (Wildman–Crippen MR) is 65.9 cm³/mol. The van der Waals surface area contributed by atoms with Crippen molar-refractivity contribution in [2.24, 2.45) is 0 Å². The molecule has 0 rings (SSSR count). The SMILES string of the molecule is CCOCCN(CCOCC)C(=O)CCCO. The van der Waals surface area contributed by atoms with Gasteiger partial charge in [0, 0.05) is 39.3 Å². The predicted octanol–water partition coefficient (Wildman–Crippen LogP) is 0.660. The topological polar surface area (TPSA) is 59.0 Å². The van der Waals surface area contributed by atoms with Crippen LogP contribution in [0.3, 0.4) is 0 Å². The second kappa shape index (κ2) is 11.8. The fraction of sp³-hybridized carbons (Fsp3) is 0.917. The summed E-state index contributed by atoms with van der Waals surface area (Å²) in [6.07, 6.45) is 0.896. The maximum absolute atomic E-state index is 11.8. The highest BCUT2D eigenvalue weighted by Gasteiger charge is 2.12. The van der Waals surface area contributed by atoms with E-state index >= 15 is 0 Å². The van der Waals surface area contributed by atoms with Crippen molar-refractivity contribution in [2.45, 2.75) is 26.7 Å². The molecule has 0 aromatic carbocycles. The van der Waals surface area contributed by atoms with Crippen LogP contribution in [0.25, 0.3) is 0 Å². The molecule has 0 bridgehead atoms. The van der Waals surface area contributed by atoms with Gasteiger partial charge in [0.2, 0.25) is 5.91 Å². The van der Waals surface area contributed by atoms with Crippen LogP contribution in [0.15, 0.2) is 0 Å². The lowest BCUT2D eigenvalue weighted by Gasteiger charge is -2.22. The molecule has 0 aromatic rings. The first kappa shape index (κ1) is 16.4. The molecule has 0 aromatic heterocycles. The van der Waals surface area contributed by atoms with Crippen molar-refractivity contribution < 1.29 is 19.4 Å². The Morgan fingerprint density at radius 3 is 2.06 bits per heavy atom. The molecule has 0 saturated heterocycles. The van der Waals surface area contributed by atoms with E-state index in [0.717, 1.165) is 0 Å². The average Bonchev–Trinajstić information content (AvgIpc) is 2.34. The highest BCUT2D eigenvalue weighted by Crippen LogP contribution is 1.98. The molecule has 17 heavy (non-hydrogen) atoms. The molecule has 0 atom stereocenters. The summed E-state index contributed by atoms with van der Waals surface area (Å²) < 4.78 is 10.5. The monoisotopic (exact) mass is 247 g/mol. The number of carbonyl (C=O) groups is 1. The quantitative estimate of drug-likeness (QED) is 0.545. The molecule has 0 saturated carbocycles. The first-order valence-corrected chi connectivity index (χ1v) is 6.30. The molecule has 0 spiro atoms. The van der Waals surface area contributed by atoms with Gasteiger partial charge in [-0.3, -0.25) is 4.79 Å². The van der Waals surface area contributed by atoms with Crippen molar-refractivity contribution in [3.63, 3.8) is 0 Å². The number of amides is 1. The Balaban J connectivity index is 3.94. The maximum Gasteiger partial charge on any atom is 0.222 e. The lowest BCUT2D eigenvalue weighted by atomic mass is 10.3. The van der Waals surface area contributed by atoms with Crippen molar-refractivity contribution >= 4 is 5.91 Å². The summed E-state index contributed by atoms with van der Waals surface area (Å²) in [7, 11) is 0. The number of ether oxygens (including phenoxy) is 2. The lowest BCUT2D eigenvalue weighted by molar-refractivity contribution is -0.133. The first-order valence-electron chi connectivity index (χ1n) is 6.30. The van der Waals surface area contributed by atoms with Crippen LogP contribution < -0.4 is 0 Å². The molecule has 0 aliphatic carbocycles. The smallest absolute Gasteiger partial charge is 0.222 e. The zero-order valence-electron chi connectivity index (χ0n) is 11.0.